The first-order valence-corrected chi connectivity index (χ1v) is 5.53. The number of benzene rings is 1. The van der Waals surface area contributed by atoms with Gasteiger partial charge >= 0.3 is 0 Å². The van der Waals surface area contributed by atoms with Crippen LogP contribution in [0.1, 0.15) is 12.0 Å². The van der Waals surface area contributed by atoms with Crippen LogP contribution in [0.3, 0.4) is 0 Å². The lowest BCUT2D eigenvalue weighted by molar-refractivity contribution is -0.116. The smallest absolute Gasteiger partial charge is 0.226 e. The van der Waals surface area contributed by atoms with E-state index in [1.807, 2.05) is 0 Å². The molecule has 1 aromatic carbocycles. The summed E-state index contributed by atoms with van der Waals surface area (Å²) in [6, 6.07) is 4.68. The van der Waals surface area contributed by atoms with Gasteiger partial charge in [0, 0.05) is 6.42 Å². The monoisotopic (exact) mass is 248 g/mol. The van der Waals surface area contributed by atoms with E-state index in [1.165, 1.54) is 18.7 Å². The molecule has 0 unspecified atom stereocenters. The van der Waals surface area contributed by atoms with Gasteiger partial charge < -0.3 is 5.32 Å². The highest BCUT2D eigenvalue weighted by Crippen LogP contribution is 2.15. The Bertz CT molecular complexity index is 539. The molecule has 5 nitrogen and oxygen atoms in total. The van der Waals surface area contributed by atoms with Gasteiger partial charge in [0.15, 0.2) is 0 Å². The molecule has 0 spiro atoms. The number of amides is 1. The van der Waals surface area contributed by atoms with E-state index in [4.69, 9.17) is 0 Å². The Hall–Kier alpha value is -2.24. The summed E-state index contributed by atoms with van der Waals surface area (Å²) in [5.41, 5.74) is 1.01. The molecule has 0 aliphatic rings. The standard InChI is InChI=1S/C12H13FN4O/c1-9-2-3-11(10(13)6-9)16-12(18)4-5-17-8-14-7-15-17/h2-3,6-8H,4-5H2,1H3,(H,16,18). The van der Waals surface area contributed by atoms with Crippen molar-refractivity contribution in [3.63, 3.8) is 0 Å². The topological polar surface area (TPSA) is 59.8 Å². The Labute approximate surface area is 104 Å². The van der Waals surface area contributed by atoms with Crippen molar-refractivity contribution >= 4 is 11.6 Å². The summed E-state index contributed by atoms with van der Waals surface area (Å²) in [6.07, 6.45) is 3.15. The number of anilines is 1. The van der Waals surface area contributed by atoms with Crippen molar-refractivity contribution in [2.45, 2.75) is 19.9 Å². The Balaban J connectivity index is 1.91. The first-order chi connectivity index (χ1) is 8.65. The van der Waals surface area contributed by atoms with E-state index in [9.17, 15) is 9.18 Å². The molecule has 94 valence electrons. The second kappa shape index (κ2) is 5.39. The lowest BCUT2D eigenvalue weighted by Gasteiger charge is -2.06. The maximum Gasteiger partial charge on any atom is 0.226 e. The van der Waals surface area contributed by atoms with Crippen LogP contribution in [-0.4, -0.2) is 20.7 Å². The van der Waals surface area contributed by atoms with Gasteiger partial charge in [-0.15, -0.1) is 0 Å². The molecule has 0 fully saturated rings. The maximum atomic E-state index is 13.5. The van der Waals surface area contributed by atoms with Crippen LogP contribution in [0.25, 0.3) is 0 Å². The van der Waals surface area contributed by atoms with Gasteiger partial charge in [-0.1, -0.05) is 6.07 Å². The Morgan fingerprint density at radius 1 is 1.50 bits per heavy atom. The van der Waals surface area contributed by atoms with E-state index in [0.29, 0.717) is 6.54 Å². The van der Waals surface area contributed by atoms with Crippen LogP contribution in [0.5, 0.6) is 0 Å². The molecule has 18 heavy (non-hydrogen) atoms. The zero-order valence-corrected chi connectivity index (χ0v) is 9.93. The SMILES string of the molecule is Cc1ccc(NC(=O)CCn2cncn2)c(F)c1. The summed E-state index contributed by atoms with van der Waals surface area (Å²) in [4.78, 5) is 15.4. The average molecular weight is 248 g/mol. The highest BCUT2D eigenvalue weighted by molar-refractivity contribution is 5.90. The molecule has 0 bridgehead atoms. The van der Waals surface area contributed by atoms with Crippen molar-refractivity contribution in [2.75, 3.05) is 5.32 Å². The number of nitrogens with one attached hydrogen (secondary N) is 1. The summed E-state index contributed by atoms with van der Waals surface area (Å²) >= 11 is 0. The molecule has 0 radical (unpaired) electrons. The Kier molecular flexibility index (Phi) is 3.66. The van der Waals surface area contributed by atoms with Gasteiger partial charge in [-0.25, -0.2) is 9.37 Å². The average Bonchev–Trinajstić information content (AvgIpc) is 2.83. The van der Waals surface area contributed by atoms with E-state index in [1.54, 1.807) is 23.7 Å². The van der Waals surface area contributed by atoms with E-state index in [-0.39, 0.29) is 18.0 Å². The first kappa shape index (κ1) is 12.2. The lowest BCUT2D eigenvalue weighted by Crippen LogP contribution is -2.15. The van der Waals surface area contributed by atoms with Gasteiger partial charge in [-0.3, -0.25) is 9.48 Å². The zero-order chi connectivity index (χ0) is 13.0. The molecular formula is C12H13FN4O. The summed E-state index contributed by atoms with van der Waals surface area (Å²) in [5, 5.41) is 6.40. The van der Waals surface area contributed by atoms with Crippen molar-refractivity contribution in [3.05, 3.63) is 42.2 Å². The molecule has 1 amide bonds. The second-order valence-electron chi connectivity index (χ2n) is 3.94. The highest BCUT2D eigenvalue weighted by atomic mass is 19.1. The van der Waals surface area contributed by atoms with Gasteiger partial charge in [0.05, 0.1) is 12.2 Å². The third kappa shape index (κ3) is 3.13. The fourth-order valence-corrected chi connectivity index (χ4v) is 1.50. The summed E-state index contributed by atoms with van der Waals surface area (Å²) < 4.78 is 15.0. The molecule has 1 N–H and O–H groups in total. The van der Waals surface area contributed by atoms with Gasteiger partial charge in [-0.05, 0) is 24.6 Å². The minimum atomic E-state index is -0.427. The summed E-state index contributed by atoms with van der Waals surface area (Å²) in [7, 11) is 0. The van der Waals surface area contributed by atoms with Crippen molar-refractivity contribution in [3.8, 4) is 0 Å². The molecule has 0 saturated carbocycles. The number of carbonyl (C=O) groups is 1. The molecule has 6 heteroatoms. The van der Waals surface area contributed by atoms with Gasteiger partial charge in [0.25, 0.3) is 0 Å². The third-order valence-electron chi connectivity index (χ3n) is 2.43. The van der Waals surface area contributed by atoms with E-state index in [2.05, 4.69) is 15.4 Å². The fourth-order valence-electron chi connectivity index (χ4n) is 1.50. The van der Waals surface area contributed by atoms with E-state index in [0.717, 1.165) is 5.56 Å². The molecule has 0 saturated heterocycles. The lowest BCUT2D eigenvalue weighted by atomic mass is 10.2. The molecule has 2 aromatic rings. The van der Waals surface area contributed by atoms with Crippen molar-refractivity contribution in [1.29, 1.82) is 0 Å². The molecule has 1 aromatic heterocycles. The van der Waals surface area contributed by atoms with Crippen molar-refractivity contribution < 1.29 is 9.18 Å². The normalized spacial score (nSPS) is 10.3. The van der Waals surface area contributed by atoms with Crippen LogP contribution in [0.2, 0.25) is 0 Å². The molecule has 0 aliphatic carbocycles. The minimum absolute atomic E-state index is 0.198. The summed E-state index contributed by atoms with van der Waals surface area (Å²) in [5.74, 6) is -0.683. The number of rotatable bonds is 4. The number of halogens is 1. The van der Waals surface area contributed by atoms with Crippen molar-refractivity contribution in [2.24, 2.45) is 0 Å². The minimum Gasteiger partial charge on any atom is -0.324 e. The zero-order valence-electron chi connectivity index (χ0n) is 9.93. The van der Waals surface area contributed by atoms with Crippen LogP contribution in [0, 0.1) is 12.7 Å². The van der Waals surface area contributed by atoms with Crippen LogP contribution >= 0.6 is 0 Å². The van der Waals surface area contributed by atoms with Crippen molar-refractivity contribution in [1.82, 2.24) is 14.8 Å². The molecule has 0 atom stereocenters. The quantitative estimate of drug-likeness (QED) is 0.896. The van der Waals surface area contributed by atoms with Crippen LogP contribution in [0.15, 0.2) is 30.9 Å². The van der Waals surface area contributed by atoms with Crippen LogP contribution in [0.4, 0.5) is 10.1 Å². The third-order valence-corrected chi connectivity index (χ3v) is 2.43. The number of nitrogens with zero attached hydrogens (tertiary/aromatic N) is 3. The molecule has 2 rings (SSSR count). The number of hydrogen-bond acceptors (Lipinski definition) is 3. The largest absolute Gasteiger partial charge is 0.324 e. The Morgan fingerprint density at radius 3 is 3.00 bits per heavy atom. The predicted octanol–water partition coefficient (Wildman–Crippen LogP) is 1.75. The molecular weight excluding hydrogens is 235 g/mol. The highest BCUT2D eigenvalue weighted by Gasteiger charge is 2.07. The van der Waals surface area contributed by atoms with Gasteiger partial charge in [0.1, 0.15) is 18.5 Å². The predicted molar refractivity (Wildman–Crippen MR) is 64.4 cm³/mol. The number of aromatic nitrogens is 3. The number of carbonyl (C=O) groups excluding carboxylic acids is 1. The number of hydrogen-bond donors (Lipinski definition) is 1. The summed E-state index contributed by atoms with van der Waals surface area (Å²) in [6.45, 7) is 2.21. The Morgan fingerprint density at radius 2 is 2.33 bits per heavy atom. The van der Waals surface area contributed by atoms with E-state index < -0.39 is 5.82 Å². The molecule has 0 aliphatic heterocycles. The molecule has 1 heterocycles. The van der Waals surface area contributed by atoms with E-state index >= 15 is 0 Å². The number of aryl methyl sites for hydroxylation is 2. The van der Waals surface area contributed by atoms with Crippen LogP contribution in [-0.2, 0) is 11.3 Å². The van der Waals surface area contributed by atoms with Crippen LogP contribution < -0.4 is 5.32 Å². The second-order valence-corrected chi connectivity index (χ2v) is 3.94. The van der Waals surface area contributed by atoms with Gasteiger partial charge in [0.2, 0.25) is 5.91 Å². The fraction of sp³-hybridized carbons (Fsp3) is 0.250. The first-order valence-electron chi connectivity index (χ1n) is 5.53. The maximum absolute atomic E-state index is 13.5. The van der Waals surface area contributed by atoms with Gasteiger partial charge in [-0.2, -0.15) is 5.10 Å².